The van der Waals surface area contributed by atoms with E-state index < -0.39 is 0 Å². The molecule has 0 spiro atoms. The van der Waals surface area contributed by atoms with Gasteiger partial charge in [0.05, 0.1) is 0 Å². The highest BCUT2D eigenvalue weighted by Gasteiger charge is 2.21. The maximum atomic E-state index is 12.4. The molecular formula is C17H20N4O3. The molecule has 1 aliphatic heterocycles. The van der Waals surface area contributed by atoms with Crippen molar-refractivity contribution < 1.29 is 14.1 Å². The standard InChI is InChI=1S/C17H20N4O3/c1-11(17-19-12(2)20-24-17)18-16(23)14-6-3-5-13(9-14)10-21-8-4-7-15(21)22/h3,5-6,9,11H,4,7-8,10H2,1-2H3,(H,18,23)/t11-/m1/s1. The molecule has 1 atom stereocenters. The summed E-state index contributed by atoms with van der Waals surface area (Å²) in [4.78, 5) is 30.1. The van der Waals surface area contributed by atoms with Gasteiger partial charge in [-0.2, -0.15) is 4.98 Å². The Balaban J connectivity index is 1.66. The van der Waals surface area contributed by atoms with E-state index in [0.29, 0.717) is 30.2 Å². The number of amides is 2. The van der Waals surface area contributed by atoms with Gasteiger partial charge < -0.3 is 14.7 Å². The molecule has 0 bridgehead atoms. The van der Waals surface area contributed by atoms with E-state index >= 15 is 0 Å². The molecule has 3 rings (SSSR count). The van der Waals surface area contributed by atoms with Crippen molar-refractivity contribution in [2.75, 3.05) is 6.54 Å². The molecular weight excluding hydrogens is 308 g/mol. The number of nitrogens with zero attached hydrogens (tertiary/aromatic N) is 3. The van der Waals surface area contributed by atoms with Crippen LogP contribution in [-0.4, -0.2) is 33.4 Å². The van der Waals surface area contributed by atoms with Gasteiger partial charge in [-0.05, 0) is 38.0 Å². The molecule has 1 N–H and O–H groups in total. The Bertz CT molecular complexity index is 756. The third kappa shape index (κ3) is 3.61. The highest BCUT2D eigenvalue weighted by atomic mass is 16.5. The van der Waals surface area contributed by atoms with Crippen molar-refractivity contribution >= 4 is 11.8 Å². The summed E-state index contributed by atoms with van der Waals surface area (Å²) in [6.45, 7) is 4.84. The SMILES string of the molecule is Cc1noc([C@@H](C)NC(=O)c2cccc(CN3CCCC3=O)c2)n1. The maximum Gasteiger partial charge on any atom is 0.251 e. The van der Waals surface area contributed by atoms with E-state index in [1.165, 1.54) is 0 Å². The zero-order chi connectivity index (χ0) is 17.1. The predicted octanol–water partition coefficient (Wildman–Crippen LogP) is 1.99. The molecule has 1 aromatic carbocycles. The molecule has 2 amide bonds. The van der Waals surface area contributed by atoms with E-state index in [0.717, 1.165) is 18.5 Å². The van der Waals surface area contributed by atoms with Crippen molar-refractivity contribution in [3.05, 3.63) is 47.1 Å². The monoisotopic (exact) mass is 328 g/mol. The lowest BCUT2D eigenvalue weighted by molar-refractivity contribution is -0.128. The van der Waals surface area contributed by atoms with Crippen molar-refractivity contribution in [1.82, 2.24) is 20.4 Å². The topological polar surface area (TPSA) is 88.3 Å². The van der Waals surface area contributed by atoms with Crippen LogP contribution >= 0.6 is 0 Å². The number of likely N-dealkylation sites (tertiary alicyclic amines) is 1. The van der Waals surface area contributed by atoms with Gasteiger partial charge in [0, 0.05) is 25.1 Å². The van der Waals surface area contributed by atoms with Crippen LogP contribution in [0.2, 0.25) is 0 Å². The molecule has 7 heteroatoms. The second-order valence-electron chi connectivity index (χ2n) is 5.99. The van der Waals surface area contributed by atoms with Crippen molar-refractivity contribution in [1.29, 1.82) is 0 Å². The average molecular weight is 328 g/mol. The van der Waals surface area contributed by atoms with Gasteiger partial charge in [0.1, 0.15) is 6.04 Å². The summed E-state index contributed by atoms with van der Waals surface area (Å²) in [6.07, 6.45) is 1.52. The van der Waals surface area contributed by atoms with Crippen LogP contribution in [0, 0.1) is 6.92 Å². The van der Waals surface area contributed by atoms with E-state index in [4.69, 9.17) is 4.52 Å². The Morgan fingerprint density at radius 2 is 2.29 bits per heavy atom. The largest absolute Gasteiger partial charge is 0.341 e. The Kier molecular flexibility index (Phi) is 4.59. The summed E-state index contributed by atoms with van der Waals surface area (Å²) in [6, 6.07) is 6.94. The van der Waals surface area contributed by atoms with Crippen molar-refractivity contribution in [2.24, 2.45) is 0 Å². The molecule has 0 saturated carbocycles. The second kappa shape index (κ2) is 6.82. The minimum atomic E-state index is -0.373. The summed E-state index contributed by atoms with van der Waals surface area (Å²) in [7, 11) is 0. The Morgan fingerprint density at radius 3 is 2.96 bits per heavy atom. The van der Waals surface area contributed by atoms with Crippen LogP contribution in [0.25, 0.3) is 0 Å². The third-order valence-electron chi connectivity index (χ3n) is 4.00. The van der Waals surface area contributed by atoms with Crippen LogP contribution in [-0.2, 0) is 11.3 Å². The molecule has 1 fully saturated rings. The smallest absolute Gasteiger partial charge is 0.251 e. The van der Waals surface area contributed by atoms with Gasteiger partial charge in [-0.15, -0.1) is 0 Å². The van der Waals surface area contributed by atoms with E-state index in [2.05, 4.69) is 15.5 Å². The number of aryl methyl sites for hydroxylation is 1. The van der Waals surface area contributed by atoms with Crippen LogP contribution in [0.3, 0.4) is 0 Å². The first-order valence-corrected chi connectivity index (χ1v) is 8.01. The molecule has 7 nitrogen and oxygen atoms in total. The molecule has 0 radical (unpaired) electrons. The summed E-state index contributed by atoms with van der Waals surface area (Å²) in [5.41, 5.74) is 1.49. The number of hydrogen-bond donors (Lipinski definition) is 1. The highest BCUT2D eigenvalue weighted by molar-refractivity contribution is 5.94. The summed E-state index contributed by atoms with van der Waals surface area (Å²) in [5, 5.41) is 6.56. The normalized spacial score (nSPS) is 15.6. The third-order valence-corrected chi connectivity index (χ3v) is 4.00. The van der Waals surface area contributed by atoms with E-state index in [1.807, 2.05) is 23.1 Å². The van der Waals surface area contributed by atoms with Gasteiger partial charge in [-0.3, -0.25) is 9.59 Å². The molecule has 1 aliphatic rings. The van der Waals surface area contributed by atoms with E-state index in [1.54, 1.807) is 19.9 Å². The van der Waals surface area contributed by atoms with Crippen LogP contribution < -0.4 is 5.32 Å². The average Bonchev–Trinajstić information content (AvgIpc) is 3.17. The van der Waals surface area contributed by atoms with Crippen molar-refractivity contribution in [2.45, 2.75) is 39.3 Å². The lowest BCUT2D eigenvalue weighted by Crippen LogP contribution is -2.27. The fourth-order valence-electron chi connectivity index (χ4n) is 2.73. The molecule has 2 heterocycles. The van der Waals surface area contributed by atoms with Crippen molar-refractivity contribution in [3.63, 3.8) is 0 Å². The molecule has 2 aromatic rings. The summed E-state index contributed by atoms with van der Waals surface area (Å²) >= 11 is 0. The Hall–Kier alpha value is -2.70. The number of hydrogen-bond acceptors (Lipinski definition) is 5. The lowest BCUT2D eigenvalue weighted by atomic mass is 10.1. The van der Waals surface area contributed by atoms with Gasteiger partial charge in [0.2, 0.25) is 11.8 Å². The number of benzene rings is 1. The predicted molar refractivity (Wildman–Crippen MR) is 86.0 cm³/mol. The van der Waals surface area contributed by atoms with Crippen LogP contribution in [0.15, 0.2) is 28.8 Å². The van der Waals surface area contributed by atoms with Gasteiger partial charge in [-0.25, -0.2) is 0 Å². The summed E-state index contributed by atoms with van der Waals surface area (Å²) in [5.74, 6) is 0.862. The quantitative estimate of drug-likeness (QED) is 0.907. The first kappa shape index (κ1) is 16.2. The first-order valence-electron chi connectivity index (χ1n) is 8.01. The van der Waals surface area contributed by atoms with Gasteiger partial charge in [0.25, 0.3) is 5.91 Å². The number of carbonyl (C=O) groups is 2. The Morgan fingerprint density at radius 1 is 1.46 bits per heavy atom. The van der Waals surface area contributed by atoms with Crippen LogP contribution in [0.5, 0.6) is 0 Å². The molecule has 1 aromatic heterocycles. The fraction of sp³-hybridized carbons (Fsp3) is 0.412. The second-order valence-corrected chi connectivity index (χ2v) is 5.99. The van der Waals surface area contributed by atoms with Crippen molar-refractivity contribution in [3.8, 4) is 0 Å². The molecule has 0 aliphatic carbocycles. The molecule has 24 heavy (non-hydrogen) atoms. The maximum absolute atomic E-state index is 12.4. The molecule has 1 saturated heterocycles. The number of nitrogens with one attached hydrogen (secondary N) is 1. The van der Waals surface area contributed by atoms with Crippen LogP contribution in [0.1, 0.15) is 53.4 Å². The van der Waals surface area contributed by atoms with Crippen LogP contribution in [0.4, 0.5) is 0 Å². The van der Waals surface area contributed by atoms with Gasteiger partial charge >= 0.3 is 0 Å². The van der Waals surface area contributed by atoms with Gasteiger partial charge in [0.15, 0.2) is 5.82 Å². The fourth-order valence-corrected chi connectivity index (χ4v) is 2.73. The van der Waals surface area contributed by atoms with Gasteiger partial charge in [-0.1, -0.05) is 17.3 Å². The zero-order valence-electron chi connectivity index (χ0n) is 13.8. The molecule has 0 unspecified atom stereocenters. The Labute approximate surface area is 140 Å². The minimum absolute atomic E-state index is 0.172. The first-order chi connectivity index (χ1) is 11.5. The minimum Gasteiger partial charge on any atom is -0.341 e. The zero-order valence-corrected chi connectivity index (χ0v) is 13.8. The lowest BCUT2D eigenvalue weighted by Gasteiger charge is -2.16. The number of aromatic nitrogens is 2. The highest BCUT2D eigenvalue weighted by Crippen LogP contribution is 2.16. The van der Waals surface area contributed by atoms with E-state index in [-0.39, 0.29) is 17.9 Å². The summed E-state index contributed by atoms with van der Waals surface area (Å²) < 4.78 is 5.07. The number of rotatable bonds is 5. The number of carbonyl (C=O) groups excluding carboxylic acids is 2. The molecule has 126 valence electrons. The van der Waals surface area contributed by atoms with E-state index in [9.17, 15) is 9.59 Å².